The Bertz CT molecular complexity index is 1940. The Hall–Kier alpha value is -4.27. The smallest absolute Gasteiger partial charge is 0.324 e. The molecular weight excluding hydrogens is 682 g/mol. The van der Waals surface area contributed by atoms with Gasteiger partial charge in [-0.1, -0.05) is 36.4 Å². The molecule has 3 aliphatic rings. The molecule has 0 N–H and O–H groups in total. The number of hydrogen-bond acceptors (Lipinski definition) is 8. The summed E-state index contributed by atoms with van der Waals surface area (Å²) in [5, 5.41) is 11.7. The van der Waals surface area contributed by atoms with E-state index in [2.05, 4.69) is 18.2 Å². The number of piperazine rings is 1. The summed E-state index contributed by atoms with van der Waals surface area (Å²) in [7, 11) is -4.49. The Kier molecular flexibility index (Phi) is 10.3. The van der Waals surface area contributed by atoms with Gasteiger partial charge in [0.05, 0.1) is 10.8 Å². The molecule has 0 spiro atoms. The van der Waals surface area contributed by atoms with E-state index in [1.54, 1.807) is 4.90 Å². The van der Waals surface area contributed by atoms with Crippen LogP contribution in [0, 0.1) is 27.7 Å². The van der Waals surface area contributed by atoms with E-state index in [4.69, 9.17) is 4.74 Å². The lowest BCUT2D eigenvalue weighted by atomic mass is 9.87. The predicted molar refractivity (Wildman–Crippen MR) is 184 cm³/mol. The van der Waals surface area contributed by atoms with Gasteiger partial charge in [0, 0.05) is 57.3 Å². The van der Waals surface area contributed by atoms with Gasteiger partial charge in [-0.3, -0.25) is 24.6 Å². The van der Waals surface area contributed by atoms with Crippen molar-refractivity contribution in [2.45, 2.75) is 68.9 Å². The summed E-state index contributed by atoms with van der Waals surface area (Å²) in [6.07, 6.45) is 3.59. The molecule has 3 aromatic rings. The predicted octanol–water partition coefficient (Wildman–Crippen LogP) is 4.86. The summed E-state index contributed by atoms with van der Waals surface area (Å²) < 4.78 is 63.5. The summed E-state index contributed by atoms with van der Waals surface area (Å²) >= 11 is 0. The van der Waals surface area contributed by atoms with E-state index in [9.17, 15) is 32.5 Å². The van der Waals surface area contributed by atoms with Gasteiger partial charge >= 0.3 is 5.97 Å². The molecule has 2 aliphatic heterocycles. The molecule has 0 saturated carbocycles. The number of nitrogens with zero attached hydrogens (tertiary/aromatic N) is 4. The summed E-state index contributed by atoms with van der Waals surface area (Å²) in [5.74, 6) is -4.56. The SMILES string of the molecule is CC(C)(C)OC(=O)[C@H](Cc1ccc2c(c1)CCC2)N1CCN(C(=O)[C@@H]2CN(S(=O)(=O)c3ccccc3[N+](=O)[O-])C[C@H]2c2ccc(F)cc2F)CC1. The monoisotopic (exact) mass is 724 g/mol. The van der Waals surface area contributed by atoms with Crippen molar-refractivity contribution in [3.8, 4) is 0 Å². The van der Waals surface area contributed by atoms with Crippen molar-refractivity contribution in [1.29, 1.82) is 0 Å². The third-order valence-electron chi connectivity index (χ3n) is 9.98. The molecule has 2 saturated heterocycles. The molecule has 11 nitrogen and oxygen atoms in total. The van der Waals surface area contributed by atoms with Crippen LogP contribution in [0.3, 0.4) is 0 Å². The van der Waals surface area contributed by atoms with E-state index in [0.717, 1.165) is 47.3 Å². The fraction of sp³-hybridized carbons (Fsp3) is 0.459. The lowest BCUT2D eigenvalue weighted by molar-refractivity contribution is -0.387. The molecule has 3 atom stereocenters. The van der Waals surface area contributed by atoms with Gasteiger partial charge in [0.2, 0.25) is 15.9 Å². The molecule has 51 heavy (non-hydrogen) atoms. The molecule has 2 heterocycles. The second-order valence-electron chi connectivity index (χ2n) is 14.5. The van der Waals surface area contributed by atoms with Gasteiger partial charge in [0.15, 0.2) is 4.90 Å². The first kappa shape index (κ1) is 36.5. The molecule has 272 valence electrons. The molecule has 14 heteroatoms. The number of sulfonamides is 1. The van der Waals surface area contributed by atoms with Crippen LogP contribution >= 0.6 is 0 Å². The van der Waals surface area contributed by atoms with E-state index in [1.807, 2.05) is 25.7 Å². The van der Waals surface area contributed by atoms with E-state index in [1.165, 1.54) is 29.3 Å². The van der Waals surface area contributed by atoms with Crippen molar-refractivity contribution >= 4 is 27.6 Å². The van der Waals surface area contributed by atoms with Crippen LogP contribution in [0.25, 0.3) is 0 Å². The van der Waals surface area contributed by atoms with Crippen LogP contribution in [0.4, 0.5) is 14.5 Å². The summed E-state index contributed by atoms with van der Waals surface area (Å²) in [6, 6.07) is 13.6. The normalized spacial score (nSPS) is 20.6. The maximum Gasteiger partial charge on any atom is 0.324 e. The summed E-state index contributed by atoms with van der Waals surface area (Å²) in [6.45, 7) is 5.85. The third-order valence-corrected chi connectivity index (χ3v) is 11.9. The molecule has 0 radical (unpaired) electrons. The Morgan fingerprint density at radius 2 is 1.67 bits per heavy atom. The lowest BCUT2D eigenvalue weighted by Crippen LogP contribution is -2.56. The maximum absolute atomic E-state index is 15.2. The van der Waals surface area contributed by atoms with Crippen molar-refractivity contribution in [3.05, 3.63) is 105 Å². The van der Waals surface area contributed by atoms with Gasteiger partial charge in [-0.25, -0.2) is 17.2 Å². The van der Waals surface area contributed by atoms with Gasteiger partial charge in [-0.15, -0.1) is 0 Å². The molecular formula is C37H42F2N4O7S. The molecule has 0 unspecified atom stereocenters. The Morgan fingerprint density at radius 3 is 2.35 bits per heavy atom. The van der Waals surface area contributed by atoms with Gasteiger partial charge in [-0.2, -0.15) is 4.31 Å². The molecule has 2 fully saturated rings. The molecule has 1 aliphatic carbocycles. The van der Waals surface area contributed by atoms with Crippen LogP contribution in [0.1, 0.15) is 55.4 Å². The van der Waals surface area contributed by atoms with Crippen molar-refractivity contribution in [3.63, 3.8) is 0 Å². The Balaban J connectivity index is 1.23. The number of esters is 1. The second-order valence-corrected chi connectivity index (χ2v) is 16.4. The number of benzene rings is 3. The van der Waals surface area contributed by atoms with Crippen molar-refractivity contribution in [1.82, 2.24) is 14.1 Å². The van der Waals surface area contributed by atoms with Crippen LogP contribution in [-0.2, 0) is 43.6 Å². The average Bonchev–Trinajstić information content (AvgIpc) is 3.74. The number of halogens is 2. The largest absolute Gasteiger partial charge is 0.459 e. The highest BCUT2D eigenvalue weighted by atomic mass is 32.2. The maximum atomic E-state index is 15.2. The highest BCUT2D eigenvalue weighted by Gasteiger charge is 2.47. The van der Waals surface area contributed by atoms with E-state index in [-0.39, 0.29) is 37.7 Å². The van der Waals surface area contributed by atoms with Crippen LogP contribution in [0.15, 0.2) is 65.6 Å². The minimum Gasteiger partial charge on any atom is -0.459 e. The fourth-order valence-electron chi connectivity index (χ4n) is 7.49. The quantitative estimate of drug-likeness (QED) is 0.174. The lowest BCUT2D eigenvalue weighted by Gasteiger charge is -2.40. The number of aryl methyl sites for hydroxylation is 2. The number of carbonyl (C=O) groups excluding carboxylic acids is 2. The molecule has 6 rings (SSSR count). The molecule has 1 amide bonds. The number of nitro groups is 1. The molecule has 0 aromatic heterocycles. The van der Waals surface area contributed by atoms with E-state index < -0.39 is 66.5 Å². The van der Waals surface area contributed by atoms with Crippen LogP contribution in [0.5, 0.6) is 0 Å². The first-order valence-electron chi connectivity index (χ1n) is 17.2. The summed E-state index contributed by atoms with van der Waals surface area (Å²) in [5.41, 5.74) is 2.32. The minimum atomic E-state index is -4.49. The number of ether oxygens (including phenoxy) is 1. The first-order chi connectivity index (χ1) is 24.1. The molecule has 0 bridgehead atoms. The fourth-order valence-corrected chi connectivity index (χ4v) is 9.14. The zero-order valence-corrected chi connectivity index (χ0v) is 29.7. The van der Waals surface area contributed by atoms with E-state index >= 15 is 4.39 Å². The van der Waals surface area contributed by atoms with Gasteiger partial charge in [0.1, 0.15) is 23.3 Å². The number of amides is 1. The summed E-state index contributed by atoms with van der Waals surface area (Å²) in [4.78, 5) is 41.8. The topological polar surface area (TPSA) is 130 Å². The first-order valence-corrected chi connectivity index (χ1v) is 18.6. The van der Waals surface area contributed by atoms with Crippen molar-refractivity contribution in [2.24, 2.45) is 5.92 Å². The minimum absolute atomic E-state index is 0.0204. The van der Waals surface area contributed by atoms with Crippen molar-refractivity contribution in [2.75, 3.05) is 39.3 Å². The highest BCUT2D eigenvalue weighted by molar-refractivity contribution is 7.89. The number of para-hydroxylation sites is 1. The number of rotatable bonds is 9. The number of nitro benzene ring substituents is 1. The van der Waals surface area contributed by atoms with Crippen LogP contribution < -0.4 is 0 Å². The van der Waals surface area contributed by atoms with E-state index in [0.29, 0.717) is 25.6 Å². The van der Waals surface area contributed by atoms with Gasteiger partial charge in [-0.05, 0) is 80.8 Å². The molecule has 3 aromatic carbocycles. The Morgan fingerprint density at radius 1 is 0.961 bits per heavy atom. The van der Waals surface area contributed by atoms with Crippen LogP contribution in [0.2, 0.25) is 0 Å². The van der Waals surface area contributed by atoms with Crippen LogP contribution in [-0.4, -0.2) is 90.2 Å². The zero-order chi connectivity index (χ0) is 36.7. The van der Waals surface area contributed by atoms with Gasteiger partial charge in [0.25, 0.3) is 5.69 Å². The van der Waals surface area contributed by atoms with Gasteiger partial charge < -0.3 is 9.64 Å². The number of carbonyl (C=O) groups is 2. The third kappa shape index (κ3) is 7.82. The average molecular weight is 725 g/mol. The van der Waals surface area contributed by atoms with Crippen molar-refractivity contribution < 1.29 is 36.4 Å². The number of fused-ring (bicyclic) bond motifs is 1. The highest BCUT2D eigenvalue weighted by Crippen LogP contribution is 2.39. The second kappa shape index (κ2) is 14.4. The number of hydrogen-bond donors (Lipinski definition) is 0. The Labute approximate surface area is 296 Å². The standard InChI is InChI=1S/C37H42F2N4O7S/c1-37(2,3)50-36(45)33(20-24-11-12-25-7-6-8-26(25)19-24)40-15-17-41(18-16-40)35(44)30-23-42(22-29(30)28-14-13-27(38)21-31(28)39)51(48,49)34-10-5-4-9-32(34)43(46)47/h4-5,9-14,19,21,29-30,33H,6-8,15-18,20,22-23H2,1-3H3/t29-,30+,33-/m0/s1. The zero-order valence-electron chi connectivity index (χ0n) is 28.9.